The van der Waals surface area contributed by atoms with Crippen molar-refractivity contribution < 1.29 is 23.9 Å². The van der Waals surface area contributed by atoms with Gasteiger partial charge in [-0.25, -0.2) is 4.57 Å². The number of rotatable bonds is 3. The highest BCUT2D eigenvalue weighted by molar-refractivity contribution is 7.50. The van der Waals surface area contributed by atoms with Crippen LogP contribution in [0.5, 0.6) is 5.75 Å². The van der Waals surface area contributed by atoms with E-state index in [-0.39, 0.29) is 5.92 Å². The maximum atomic E-state index is 12.6. The van der Waals surface area contributed by atoms with Crippen molar-refractivity contribution in [3.05, 3.63) is 29.5 Å². The van der Waals surface area contributed by atoms with E-state index < -0.39 is 13.7 Å². The lowest BCUT2D eigenvalue weighted by Crippen LogP contribution is -2.56. The van der Waals surface area contributed by atoms with Gasteiger partial charge < -0.3 is 14.5 Å². The van der Waals surface area contributed by atoms with Gasteiger partial charge >= 0.3 is 13.7 Å². The fourth-order valence-corrected chi connectivity index (χ4v) is 7.32. The van der Waals surface area contributed by atoms with Gasteiger partial charge in [-0.3, -0.25) is 14.0 Å². The molecule has 0 amide bonds. The molecular weight excluding hydrogens is 391 g/mol. The number of piperidine rings is 2. The SMILES string of the molecule is CC[C@H]1C[C@@H]2C[C@H]3c4c(c5cc(OC(C)=O)ccc5n4P(=O)(O)O)CCN(C2)[C@@H]13. The predicted octanol–water partition coefficient (Wildman–Crippen LogP) is 3.27. The van der Waals surface area contributed by atoms with E-state index in [1.165, 1.54) is 17.7 Å². The summed E-state index contributed by atoms with van der Waals surface area (Å²) in [7, 11) is -4.54. The van der Waals surface area contributed by atoms with E-state index in [0.29, 0.717) is 29.1 Å². The minimum absolute atomic E-state index is 0.127. The third-order valence-corrected chi connectivity index (χ3v) is 8.09. The molecule has 6 rings (SSSR count). The molecule has 4 heterocycles. The van der Waals surface area contributed by atoms with E-state index in [1.54, 1.807) is 18.2 Å². The van der Waals surface area contributed by atoms with Crippen molar-refractivity contribution in [1.29, 1.82) is 0 Å². The minimum Gasteiger partial charge on any atom is -0.427 e. The first-order chi connectivity index (χ1) is 13.8. The molecule has 1 aliphatic carbocycles. The van der Waals surface area contributed by atoms with Crippen LogP contribution in [-0.2, 0) is 15.8 Å². The molecule has 7 nitrogen and oxygen atoms in total. The Bertz CT molecular complexity index is 1040. The van der Waals surface area contributed by atoms with Crippen molar-refractivity contribution in [2.75, 3.05) is 13.1 Å². The summed E-state index contributed by atoms with van der Waals surface area (Å²) in [5.41, 5.74) is 2.35. The second-order valence-corrected chi connectivity index (χ2v) is 10.2. The molecule has 2 aromatic rings. The molecule has 156 valence electrons. The summed E-state index contributed by atoms with van der Waals surface area (Å²) in [6.45, 7) is 5.57. The van der Waals surface area contributed by atoms with Crippen molar-refractivity contribution >= 4 is 24.6 Å². The first-order valence-corrected chi connectivity index (χ1v) is 12.0. The van der Waals surface area contributed by atoms with E-state index in [1.807, 2.05) is 0 Å². The summed E-state index contributed by atoms with van der Waals surface area (Å²) in [5.74, 6) is 1.28. The van der Waals surface area contributed by atoms with Crippen molar-refractivity contribution in [3.63, 3.8) is 0 Å². The van der Waals surface area contributed by atoms with Crippen LogP contribution in [0.3, 0.4) is 0 Å². The van der Waals surface area contributed by atoms with Crippen molar-refractivity contribution in [3.8, 4) is 5.75 Å². The molecule has 5 atom stereocenters. The smallest absolute Gasteiger partial charge is 0.427 e. The molecule has 2 saturated heterocycles. The number of esters is 1. The summed E-state index contributed by atoms with van der Waals surface area (Å²) in [6.07, 6.45) is 4.04. The number of carbonyl (C=O) groups is 1. The Hall–Kier alpha value is -1.66. The van der Waals surface area contributed by atoms with Gasteiger partial charge in [0.1, 0.15) is 5.75 Å². The zero-order valence-electron chi connectivity index (χ0n) is 16.7. The number of aromatic nitrogens is 1. The highest BCUT2D eigenvalue weighted by Gasteiger charge is 2.50. The Balaban J connectivity index is 1.76. The highest BCUT2D eigenvalue weighted by Crippen LogP contribution is 2.55. The monoisotopic (exact) mass is 418 g/mol. The summed E-state index contributed by atoms with van der Waals surface area (Å²) in [5, 5.41) is 0.791. The predicted molar refractivity (Wildman–Crippen MR) is 109 cm³/mol. The number of hydrogen-bond donors (Lipinski definition) is 2. The standard InChI is InChI=1S/C21H27N2O5P/c1-3-14-8-13-9-18-20(14)22(11-13)7-6-16-17-10-15(28-12(2)24)4-5-19(17)23(21(16)18)29(25,26)27/h4-5,10,13-14,18,20H,3,6-9,11H2,1-2H3,(H2,25,26,27)/t13-,14+,18-,20+/m1/s1. The van der Waals surface area contributed by atoms with E-state index in [2.05, 4.69) is 11.8 Å². The van der Waals surface area contributed by atoms with E-state index in [9.17, 15) is 19.1 Å². The third-order valence-electron chi connectivity index (χ3n) is 7.14. The topological polar surface area (TPSA) is 92.0 Å². The Labute approximate surface area is 169 Å². The van der Waals surface area contributed by atoms with Crippen LogP contribution in [-0.4, -0.2) is 44.1 Å². The van der Waals surface area contributed by atoms with Crippen molar-refractivity contribution in [2.45, 2.75) is 51.5 Å². The first-order valence-electron chi connectivity index (χ1n) is 10.4. The Morgan fingerprint density at radius 2 is 2.10 bits per heavy atom. The van der Waals surface area contributed by atoms with Gasteiger partial charge in [0.05, 0.1) is 5.52 Å². The van der Waals surface area contributed by atoms with Crippen molar-refractivity contribution in [2.24, 2.45) is 11.8 Å². The second kappa shape index (κ2) is 6.67. The maximum absolute atomic E-state index is 12.6. The van der Waals surface area contributed by atoms with Crippen LogP contribution in [0.2, 0.25) is 0 Å². The van der Waals surface area contributed by atoms with Gasteiger partial charge in [-0.05, 0) is 54.9 Å². The summed E-state index contributed by atoms with van der Waals surface area (Å²) < 4.78 is 19.2. The number of hydrogen-bond acceptors (Lipinski definition) is 4. The number of ether oxygens (including phenoxy) is 1. The molecule has 4 aliphatic rings. The third kappa shape index (κ3) is 2.98. The molecule has 3 fully saturated rings. The fourth-order valence-electron chi connectivity index (χ4n) is 6.31. The Morgan fingerprint density at radius 1 is 1.31 bits per heavy atom. The van der Waals surface area contributed by atoms with E-state index >= 15 is 0 Å². The molecule has 2 N–H and O–H groups in total. The van der Waals surface area contributed by atoms with Gasteiger partial charge in [-0.1, -0.05) is 13.3 Å². The molecule has 1 aromatic carbocycles. The number of benzene rings is 1. The lowest BCUT2D eigenvalue weighted by Gasteiger charge is -2.53. The van der Waals surface area contributed by atoms with Gasteiger partial charge in [-0.15, -0.1) is 0 Å². The molecule has 8 heteroatoms. The van der Waals surface area contributed by atoms with Gasteiger partial charge in [0.25, 0.3) is 0 Å². The molecule has 1 unspecified atom stereocenters. The molecular formula is C21H27N2O5P. The zero-order chi connectivity index (χ0) is 20.5. The number of fused-ring (bicyclic) bond motifs is 4. The van der Waals surface area contributed by atoms with Crippen LogP contribution >= 0.6 is 7.75 Å². The largest absolute Gasteiger partial charge is 0.434 e. The molecule has 0 radical (unpaired) electrons. The average molecular weight is 418 g/mol. The van der Waals surface area contributed by atoms with Gasteiger partial charge in [0.2, 0.25) is 0 Å². The summed E-state index contributed by atoms with van der Waals surface area (Å²) in [4.78, 5) is 34.6. The first kappa shape index (κ1) is 19.3. The lowest BCUT2D eigenvalue weighted by molar-refractivity contribution is -0.131. The second-order valence-electron chi connectivity index (χ2n) is 8.81. The molecule has 1 saturated carbocycles. The van der Waals surface area contributed by atoms with Crippen LogP contribution in [0.4, 0.5) is 0 Å². The maximum Gasteiger partial charge on any atom is 0.434 e. The van der Waals surface area contributed by atoms with Gasteiger partial charge in [0, 0.05) is 43.1 Å². The van der Waals surface area contributed by atoms with Crippen molar-refractivity contribution in [1.82, 2.24) is 9.24 Å². The Morgan fingerprint density at radius 3 is 2.79 bits per heavy atom. The van der Waals surface area contributed by atoms with Crippen LogP contribution in [0.1, 0.15) is 50.3 Å². The highest BCUT2D eigenvalue weighted by atomic mass is 31.2. The Kier molecular flexibility index (Phi) is 4.44. The minimum atomic E-state index is -4.54. The van der Waals surface area contributed by atoms with Gasteiger partial charge in [0.15, 0.2) is 0 Å². The molecule has 3 aliphatic heterocycles. The van der Waals surface area contributed by atoms with Crippen LogP contribution in [0.15, 0.2) is 18.2 Å². The molecule has 4 bridgehead atoms. The molecule has 0 spiro atoms. The normalized spacial score (nSPS) is 30.8. The molecule has 1 aromatic heterocycles. The van der Waals surface area contributed by atoms with E-state index in [4.69, 9.17) is 4.74 Å². The zero-order valence-corrected chi connectivity index (χ0v) is 17.6. The summed E-state index contributed by atoms with van der Waals surface area (Å²) >= 11 is 0. The van der Waals surface area contributed by atoms with E-state index in [0.717, 1.165) is 49.0 Å². The van der Waals surface area contributed by atoms with Gasteiger partial charge in [-0.2, -0.15) is 0 Å². The van der Waals surface area contributed by atoms with Crippen LogP contribution in [0.25, 0.3) is 10.9 Å². The lowest BCUT2D eigenvalue weighted by atomic mass is 9.65. The molecule has 29 heavy (non-hydrogen) atoms. The van der Waals surface area contributed by atoms with Crippen LogP contribution < -0.4 is 4.74 Å². The van der Waals surface area contributed by atoms with Crippen LogP contribution in [0, 0.1) is 11.8 Å². The summed E-state index contributed by atoms with van der Waals surface area (Å²) in [6, 6.07) is 5.40. The number of carbonyl (C=O) groups excluding carboxylic acids is 1. The number of nitrogens with zero attached hydrogens (tertiary/aromatic N) is 2. The fraction of sp³-hybridized carbons (Fsp3) is 0.571. The average Bonchev–Trinajstić information content (AvgIpc) is 2.93. The quantitative estimate of drug-likeness (QED) is 0.452.